The van der Waals surface area contributed by atoms with Crippen LogP contribution in [0, 0.1) is 5.82 Å². The van der Waals surface area contributed by atoms with Crippen molar-refractivity contribution in [2.24, 2.45) is 0 Å². The van der Waals surface area contributed by atoms with Gasteiger partial charge in [0.1, 0.15) is 17.2 Å². The Kier molecular flexibility index (Phi) is 5.36. The van der Waals surface area contributed by atoms with E-state index in [2.05, 4.69) is 0 Å². The number of aliphatic hydroxyl groups is 1. The molecule has 0 spiro atoms. The van der Waals surface area contributed by atoms with Crippen molar-refractivity contribution in [2.75, 3.05) is 19.8 Å². The van der Waals surface area contributed by atoms with Gasteiger partial charge in [0, 0.05) is 18.4 Å². The van der Waals surface area contributed by atoms with Crippen LogP contribution in [0.3, 0.4) is 0 Å². The number of hydrogen-bond donors (Lipinski definition) is 1. The molecule has 0 aliphatic carbocycles. The van der Waals surface area contributed by atoms with Crippen LogP contribution in [0.4, 0.5) is 9.18 Å². The van der Waals surface area contributed by atoms with Crippen LogP contribution in [0.5, 0.6) is 5.75 Å². The zero-order chi connectivity index (χ0) is 19.8. The van der Waals surface area contributed by atoms with Gasteiger partial charge in [-0.25, -0.2) is 9.18 Å². The van der Waals surface area contributed by atoms with E-state index in [9.17, 15) is 14.3 Å². The van der Waals surface area contributed by atoms with Gasteiger partial charge in [0.05, 0.1) is 37.5 Å². The molecule has 2 bridgehead atoms. The summed E-state index contributed by atoms with van der Waals surface area (Å²) in [6.45, 7) is 8.31. The average molecular weight is 381 g/mol. The molecule has 1 aromatic carbocycles. The number of amides is 1. The molecule has 2 atom stereocenters. The molecule has 2 fully saturated rings. The number of fused-ring (bicyclic) bond motifs is 2. The highest BCUT2D eigenvalue weighted by Crippen LogP contribution is 2.44. The summed E-state index contributed by atoms with van der Waals surface area (Å²) in [6, 6.07) is 3.48. The average Bonchev–Trinajstić information content (AvgIpc) is 2.54. The maximum absolute atomic E-state index is 13.9. The van der Waals surface area contributed by atoms with E-state index < -0.39 is 23.1 Å². The fourth-order valence-electron chi connectivity index (χ4n) is 3.96. The molecule has 2 heterocycles. The van der Waals surface area contributed by atoms with Crippen molar-refractivity contribution in [3.05, 3.63) is 29.6 Å². The van der Waals surface area contributed by atoms with Gasteiger partial charge in [-0.1, -0.05) is 0 Å². The second-order valence-electron chi connectivity index (χ2n) is 8.25. The number of halogens is 1. The smallest absolute Gasteiger partial charge is 0.410 e. The monoisotopic (exact) mass is 381 g/mol. The van der Waals surface area contributed by atoms with Crippen molar-refractivity contribution < 1.29 is 28.5 Å². The summed E-state index contributed by atoms with van der Waals surface area (Å²) in [5, 5.41) is 11.4. The van der Waals surface area contributed by atoms with Gasteiger partial charge < -0.3 is 19.3 Å². The quantitative estimate of drug-likeness (QED) is 0.871. The number of carbonyl (C=O) groups is 1. The lowest BCUT2D eigenvalue weighted by atomic mass is 9.76. The highest BCUT2D eigenvalue weighted by molar-refractivity contribution is 5.69. The van der Waals surface area contributed by atoms with E-state index in [-0.39, 0.29) is 24.9 Å². The van der Waals surface area contributed by atoms with Crippen LogP contribution >= 0.6 is 0 Å². The molecule has 3 rings (SSSR count). The molecule has 0 radical (unpaired) electrons. The second kappa shape index (κ2) is 7.28. The largest absolute Gasteiger partial charge is 0.493 e. The Bertz CT molecular complexity index is 688. The summed E-state index contributed by atoms with van der Waals surface area (Å²) in [5.74, 6) is 0.0315. The molecule has 150 valence electrons. The Morgan fingerprint density at radius 2 is 1.96 bits per heavy atom. The Morgan fingerprint density at radius 3 is 2.52 bits per heavy atom. The SMILES string of the molecule is CCOc1ccc(F)cc1C1(O)CC2COCC(C1)N2C(=O)OC(C)(C)C. The van der Waals surface area contributed by atoms with Gasteiger partial charge >= 0.3 is 6.09 Å². The number of morpholine rings is 1. The van der Waals surface area contributed by atoms with Crippen LogP contribution in [-0.4, -0.2) is 53.6 Å². The summed E-state index contributed by atoms with van der Waals surface area (Å²) in [5.41, 5.74) is -1.49. The first kappa shape index (κ1) is 19.9. The first-order chi connectivity index (χ1) is 12.6. The zero-order valence-corrected chi connectivity index (χ0v) is 16.3. The van der Waals surface area contributed by atoms with Gasteiger partial charge in [0.25, 0.3) is 0 Å². The second-order valence-corrected chi connectivity index (χ2v) is 8.25. The van der Waals surface area contributed by atoms with Crippen LogP contribution in [0.15, 0.2) is 18.2 Å². The summed E-state index contributed by atoms with van der Waals surface area (Å²) in [6.07, 6.45) is 0.0468. The molecule has 1 aromatic rings. The predicted octanol–water partition coefficient (Wildman–Crippen LogP) is 3.21. The van der Waals surface area contributed by atoms with Crippen molar-refractivity contribution in [1.29, 1.82) is 0 Å². The third-order valence-corrected chi connectivity index (χ3v) is 4.90. The van der Waals surface area contributed by atoms with Gasteiger partial charge in [-0.3, -0.25) is 4.90 Å². The number of benzene rings is 1. The molecule has 27 heavy (non-hydrogen) atoms. The molecule has 1 amide bonds. The van der Waals surface area contributed by atoms with E-state index in [0.29, 0.717) is 31.1 Å². The Morgan fingerprint density at radius 1 is 1.33 bits per heavy atom. The Labute approximate surface area is 159 Å². The van der Waals surface area contributed by atoms with E-state index in [0.717, 1.165) is 0 Å². The van der Waals surface area contributed by atoms with Crippen LogP contribution in [0.25, 0.3) is 0 Å². The van der Waals surface area contributed by atoms with E-state index in [1.165, 1.54) is 12.1 Å². The first-order valence-electron chi connectivity index (χ1n) is 9.37. The minimum Gasteiger partial charge on any atom is -0.493 e. The fourth-order valence-corrected chi connectivity index (χ4v) is 3.96. The molecule has 0 aromatic heterocycles. The lowest BCUT2D eigenvalue weighted by Crippen LogP contribution is -2.63. The number of piperidine rings is 1. The predicted molar refractivity (Wildman–Crippen MR) is 97.2 cm³/mol. The third-order valence-electron chi connectivity index (χ3n) is 4.90. The number of ether oxygens (including phenoxy) is 3. The lowest BCUT2D eigenvalue weighted by molar-refractivity contribution is -0.141. The topological polar surface area (TPSA) is 68.2 Å². The standard InChI is InChI=1S/C20H28FNO5/c1-5-26-17-7-6-13(21)8-16(17)20(24)9-14-11-25-12-15(10-20)22(14)18(23)27-19(2,3)4/h6-8,14-15,24H,5,9-12H2,1-4H3. The van der Waals surface area contributed by atoms with E-state index in [1.54, 1.807) is 11.0 Å². The Balaban J connectivity index is 1.90. The minimum atomic E-state index is -1.30. The van der Waals surface area contributed by atoms with Gasteiger partial charge in [0.2, 0.25) is 0 Å². The van der Waals surface area contributed by atoms with Gasteiger partial charge in [0.15, 0.2) is 0 Å². The minimum absolute atomic E-state index is 0.228. The normalized spacial score (nSPS) is 28.0. The molecular weight excluding hydrogens is 353 g/mol. The highest BCUT2D eigenvalue weighted by atomic mass is 19.1. The van der Waals surface area contributed by atoms with Gasteiger partial charge in [-0.05, 0) is 45.9 Å². The fraction of sp³-hybridized carbons (Fsp3) is 0.650. The van der Waals surface area contributed by atoms with Crippen LogP contribution in [0.2, 0.25) is 0 Å². The summed E-state index contributed by atoms with van der Waals surface area (Å²) in [4.78, 5) is 14.3. The molecular formula is C20H28FNO5. The van der Waals surface area contributed by atoms with Crippen molar-refractivity contribution in [2.45, 2.75) is 63.8 Å². The molecule has 6 nitrogen and oxygen atoms in total. The van der Waals surface area contributed by atoms with Crippen molar-refractivity contribution in [3.8, 4) is 5.75 Å². The van der Waals surface area contributed by atoms with Crippen molar-refractivity contribution in [3.63, 3.8) is 0 Å². The van der Waals surface area contributed by atoms with Crippen LogP contribution in [-0.2, 0) is 15.1 Å². The van der Waals surface area contributed by atoms with Crippen molar-refractivity contribution in [1.82, 2.24) is 4.90 Å². The maximum Gasteiger partial charge on any atom is 0.410 e. The molecule has 0 saturated carbocycles. The summed E-state index contributed by atoms with van der Waals surface area (Å²) >= 11 is 0. The maximum atomic E-state index is 13.9. The van der Waals surface area contributed by atoms with Gasteiger partial charge in [-0.2, -0.15) is 0 Å². The number of carbonyl (C=O) groups excluding carboxylic acids is 1. The van der Waals surface area contributed by atoms with Gasteiger partial charge in [-0.15, -0.1) is 0 Å². The Hall–Kier alpha value is -1.86. The summed E-state index contributed by atoms with van der Waals surface area (Å²) < 4.78 is 30.7. The highest BCUT2D eigenvalue weighted by Gasteiger charge is 2.50. The van der Waals surface area contributed by atoms with E-state index in [4.69, 9.17) is 14.2 Å². The molecule has 2 saturated heterocycles. The van der Waals surface area contributed by atoms with E-state index in [1.807, 2.05) is 27.7 Å². The number of rotatable bonds is 3. The molecule has 2 aliphatic heterocycles. The summed E-state index contributed by atoms with van der Waals surface area (Å²) in [7, 11) is 0. The van der Waals surface area contributed by atoms with E-state index >= 15 is 0 Å². The molecule has 7 heteroatoms. The van der Waals surface area contributed by atoms with Crippen LogP contribution in [0.1, 0.15) is 46.1 Å². The zero-order valence-electron chi connectivity index (χ0n) is 16.3. The number of nitrogens with zero attached hydrogens (tertiary/aromatic N) is 1. The third kappa shape index (κ3) is 4.19. The lowest BCUT2D eigenvalue weighted by Gasteiger charge is -2.51. The molecule has 1 N–H and O–H groups in total. The molecule has 2 aliphatic rings. The van der Waals surface area contributed by atoms with Crippen LogP contribution < -0.4 is 4.74 Å². The molecule has 2 unspecified atom stereocenters. The first-order valence-corrected chi connectivity index (χ1v) is 9.37. The van der Waals surface area contributed by atoms with Crippen molar-refractivity contribution >= 4 is 6.09 Å². The number of hydrogen-bond acceptors (Lipinski definition) is 5.